The Morgan fingerprint density at radius 2 is 2.05 bits per heavy atom. The van der Waals surface area contributed by atoms with Crippen molar-refractivity contribution in [2.24, 2.45) is 5.10 Å². The zero-order chi connectivity index (χ0) is 14.3. The van der Waals surface area contributed by atoms with Crippen LogP contribution >= 0.6 is 11.6 Å². The molecule has 0 fully saturated rings. The first-order chi connectivity index (χ1) is 9.02. The molecule has 0 spiro atoms. The van der Waals surface area contributed by atoms with Gasteiger partial charge in [0.05, 0.1) is 6.21 Å². The van der Waals surface area contributed by atoms with Crippen LogP contribution in [0, 0.1) is 11.3 Å². The van der Waals surface area contributed by atoms with Crippen LogP contribution in [0.5, 0.6) is 0 Å². The maximum atomic E-state index is 11.6. The second-order valence-corrected chi connectivity index (χ2v) is 4.31. The van der Waals surface area contributed by atoms with Crippen molar-refractivity contribution in [1.29, 1.82) is 5.26 Å². The van der Waals surface area contributed by atoms with Crippen molar-refractivity contribution in [2.75, 3.05) is 14.1 Å². The SMILES string of the molecule is CN(C)/C=C(\C#N)C(=O)NN=Cc1ccc(Cl)cc1. The first-order valence-electron chi connectivity index (χ1n) is 5.40. The molecule has 98 valence electrons. The lowest BCUT2D eigenvalue weighted by Gasteiger charge is -2.05. The molecule has 5 nitrogen and oxygen atoms in total. The largest absolute Gasteiger partial charge is 0.382 e. The minimum Gasteiger partial charge on any atom is -0.382 e. The second kappa shape index (κ2) is 7.19. The molecule has 0 saturated carbocycles. The van der Waals surface area contributed by atoms with E-state index in [1.54, 1.807) is 49.3 Å². The van der Waals surface area contributed by atoms with Gasteiger partial charge in [0, 0.05) is 25.3 Å². The van der Waals surface area contributed by atoms with E-state index in [0.717, 1.165) is 5.56 Å². The Labute approximate surface area is 116 Å². The predicted octanol–water partition coefficient (Wildman–Crippen LogP) is 1.76. The molecule has 0 radical (unpaired) electrons. The van der Waals surface area contributed by atoms with Crippen LogP contribution in [0.15, 0.2) is 41.1 Å². The molecule has 0 aliphatic rings. The first kappa shape index (κ1) is 14.7. The van der Waals surface area contributed by atoms with Gasteiger partial charge in [-0.2, -0.15) is 10.4 Å². The monoisotopic (exact) mass is 276 g/mol. The van der Waals surface area contributed by atoms with E-state index in [1.807, 2.05) is 0 Å². The van der Waals surface area contributed by atoms with Crippen molar-refractivity contribution in [3.05, 3.63) is 46.6 Å². The van der Waals surface area contributed by atoms with Crippen LogP contribution in [0.25, 0.3) is 0 Å². The Kier molecular flexibility index (Phi) is 5.58. The Bertz CT molecular complexity index is 541. The van der Waals surface area contributed by atoms with Gasteiger partial charge in [0.15, 0.2) is 0 Å². The van der Waals surface area contributed by atoms with Gasteiger partial charge in [-0.15, -0.1) is 0 Å². The van der Waals surface area contributed by atoms with E-state index in [2.05, 4.69) is 10.5 Å². The first-order valence-corrected chi connectivity index (χ1v) is 5.78. The Morgan fingerprint density at radius 3 is 2.58 bits per heavy atom. The van der Waals surface area contributed by atoms with Gasteiger partial charge >= 0.3 is 0 Å². The van der Waals surface area contributed by atoms with Gasteiger partial charge in [0.25, 0.3) is 5.91 Å². The summed E-state index contributed by atoms with van der Waals surface area (Å²) in [6, 6.07) is 8.77. The van der Waals surface area contributed by atoms with Crippen LogP contribution in [0.4, 0.5) is 0 Å². The van der Waals surface area contributed by atoms with Crippen molar-refractivity contribution in [3.8, 4) is 6.07 Å². The number of benzene rings is 1. The number of amides is 1. The van der Waals surface area contributed by atoms with E-state index in [9.17, 15) is 4.79 Å². The number of hydrogen-bond donors (Lipinski definition) is 1. The maximum Gasteiger partial charge on any atom is 0.283 e. The third-order valence-electron chi connectivity index (χ3n) is 2.00. The molecule has 0 unspecified atom stereocenters. The minimum atomic E-state index is -0.554. The van der Waals surface area contributed by atoms with Crippen molar-refractivity contribution >= 4 is 23.7 Å². The lowest BCUT2D eigenvalue weighted by atomic mass is 10.2. The van der Waals surface area contributed by atoms with Crippen molar-refractivity contribution in [2.45, 2.75) is 0 Å². The molecule has 0 atom stereocenters. The molecule has 1 aromatic rings. The zero-order valence-corrected chi connectivity index (χ0v) is 11.3. The average Bonchev–Trinajstić information content (AvgIpc) is 2.38. The van der Waals surface area contributed by atoms with E-state index in [4.69, 9.17) is 16.9 Å². The van der Waals surface area contributed by atoms with Crippen molar-refractivity contribution < 1.29 is 4.79 Å². The van der Waals surface area contributed by atoms with Crippen molar-refractivity contribution in [3.63, 3.8) is 0 Å². The molecule has 0 aromatic heterocycles. The van der Waals surface area contributed by atoms with E-state index in [1.165, 1.54) is 12.4 Å². The van der Waals surface area contributed by atoms with Gasteiger partial charge in [-0.3, -0.25) is 4.79 Å². The van der Waals surface area contributed by atoms with E-state index in [0.29, 0.717) is 5.02 Å². The Morgan fingerprint density at radius 1 is 1.42 bits per heavy atom. The highest BCUT2D eigenvalue weighted by atomic mass is 35.5. The third kappa shape index (κ3) is 5.23. The summed E-state index contributed by atoms with van der Waals surface area (Å²) >= 11 is 5.74. The summed E-state index contributed by atoms with van der Waals surface area (Å²) in [5.41, 5.74) is 3.06. The van der Waals surface area contributed by atoms with Gasteiger partial charge in [0.2, 0.25) is 0 Å². The van der Waals surface area contributed by atoms with Crippen LogP contribution < -0.4 is 5.43 Å². The minimum absolute atomic E-state index is 0.0155. The Hall–Kier alpha value is -2.32. The van der Waals surface area contributed by atoms with Crippen LogP contribution in [-0.2, 0) is 4.79 Å². The molecular formula is C13H13ClN4O. The van der Waals surface area contributed by atoms with Crippen LogP contribution in [0.3, 0.4) is 0 Å². The number of nitrogens with one attached hydrogen (secondary N) is 1. The van der Waals surface area contributed by atoms with Gasteiger partial charge < -0.3 is 4.90 Å². The van der Waals surface area contributed by atoms with Crippen molar-refractivity contribution in [1.82, 2.24) is 10.3 Å². The fourth-order valence-electron chi connectivity index (χ4n) is 1.17. The molecule has 0 bridgehead atoms. The molecule has 0 saturated heterocycles. The summed E-state index contributed by atoms with van der Waals surface area (Å²) in [6.07, 6.45) is 2.89. The number of nitriles is 1. The molecule has 0 aliphatic carbocycles. The number of hydrogen-bond acceptors (Lipinski definition) is 4. The molecule has 1 N–H and O–H groups in total. The second-order valence-electron chi connectivity index (χ2n) is 3.87. The van der Waals surface area contributed by atoms with Gasteiger partial charge in [0.1, 0.15) is 11.6 Å². The fourth-order valence-corrected chi connectivity index (χ4v) is 1.30. The number of carbonyl (C=O) groups is 1. The standard InChI is InChI=1S/C13H13ClN4O/c1-18(2)9-11(7-15)13(19)17-16-8-10-3-5-12(14)6-4-10/h3-6,8-9H,1-2H3,(H,17,19)/b11-9+,16-8?. The molecule has 0 aliphatic heterocycles. The lowest BCUT2D eigenvalue weighted by Crippen LogP contribution is -2.20. The molecule has 1 rings (SSSR count). The van der Waals surface area contributed by atoms with Gasteiger partial charge in [-0.25, -0.2) is 5.43 Å². The average molecular weight is 277 g/mol. The number of hydrazone groups is 1. The highest BCUT2D eigenvalue weighted by Gasteiger charge is 2.07. The summed E-state index contributed by atoms with van der Waals surface area (Å²) < 4.78 is 0. The summed E-state index contributed by atoms with van der Waals surface area (Å²) in [5, 5.41) is 13.2. The zero-order valence-electron chi connectivity index (χ0n) is 10.6. The number of nitrogens with zero attached hydrogens (tertiary/aromatic N) is 3. The summed E-state index contributed by atoms with van der Waals surface area (Å²) in [6.45, 7) is 0. The Balaban J connectivity index is 2.64. The summed E-state index contributed by atoms with van der Waals surface area (Å²) in [4.78, 5) is 13.2. The molecule has 1 aromatic carbocycles. The predicted molar refractivity (Wildman–Crippen MR) is 74.6 cm³/mol. The molecule has 0 heterocycles. The highest BCUT2D eigenvalue weighted by Crippen LogP contribution is 2.07. The molecular weight excluding hydrogens is 264 g/mol. The summed E-state index contributed by atoms with van der Waals surface area (Å²) in [7, 11) is 3.45. The highest BCUT2D eigenvalue weighted by molar-refractivity contribution is 6.30. The van der Waals surface area contributed by atoms with Gasteiger partial charge in [-0.05, 0) is 17.7 Å². The maximum absolute atomic E-state index is 11.6. The number of halogens is 1. The quantitative estimate of drug-likeness (QED) is 0.394. The fraction of sp³-hybridized carbons (Fsp3) is 0.154. The number of rotatable bonds is 4. The van der Waals surface area contributed by atoms with Crippen LogP contribution in [-0.4, -0.2) is 31.1 Å². The smallest absolute Gasteiger partial charge is 0.283 e. The topological polar surface area (TPSA) is 68.5 Å². The van der Waals surface area contributed by atoms with E-state index in [-0.39, 0.29) is 5.57 Å². The van der Waals surface area contributed by atoms with Crippen LogP contribution in [0.2, 0.25) is 5.02 Å². The molecule has 6 heteroatoms. The van der Waals surface area contributed by atoms with E-state index < -0.39 is 5.91 Å². The summed E-state index contributed by atoms with van der Waals surface area (Å²) in [5.74, 6) is -0.554. The normalized spacial score (nSPS) is 11.2. The van der Waals surface area contributed by atoms with Gasteiger partial charge in [-0.1, -0.05) is 23.7 Å². The van der Waals surface area contributed by atoms with Crippen LogP contribution in [0.1, 0.15) is 5.56 Å². The van der Waals surface area contributed by atoms with E-state index >= 15 is 0 Å². The number of carbonyl (C=O) groups excluding carboxylic acids is 1. The lowest BCUT2D eigenvalue weighted by molar-refractivity contribution is -0.117. The molecule has 1 amide bonds. The molecule has 19 heavy (non-hydrogen) atoms. The third-order valence-corrected chi connectivity index (χ3v) is 2.25.